The van der Waals surface area contributed by atoms with E-state index < -0.39 is 23.5 Å². The first kappa shape index (κ1) is 58.1. The summed E-state index contributed by atoms with van der Waals surface area (Å²) in [5.74, 6) is 1.15. The Morgan fingerprint density at radius 3 is 2.05 bits per heavy atom. The third-order valence-electron chi connectivity index (χ3n) is 11.6. The van der Waals surface area contributed by atoms with Crippen LogP contribution >= 0.6 is 11.8 Å². The molecule has 2 aliphatic rings. The minimum absolute atomic E-state index is 0.0666. The van der Waals surface area contributed by atoms with Gasteiger partial charge in [0.1, 0.15) is 29.5 Å². The second kappa shape index (κ2) is 32.4. The van der Waals surface area contributed by atoms with Crippen LogP contribution in [0.2, 0.25) is 0 Å². The Morgan fingerprint density at radius 2 is 1.37 bits per heavy atom. The normalized spacial score (nSPS) is 16.0. The number of halogens is 3. The number of rotatable bonds is 37. The van der Waals surface area contributed by atoms with Crippen LogP contribution in [0.5, 0.6) is 5.75 Å². The highest BCUT2D eigenvalue weighted by Gasteiger charge is 2.42. The number of nitrogens with zero attached hydrogens (tertiary/aromatic N) is 2. The second-order valence-electron chi connectivity index (χ2n) is 17.4. The number of Topliss-reactive ketones (excluding diaryl/α,β-unsaturated/α-hetero) is 1. The zero-order valence-corrected chi connectivity index (χ0v) is 42.0. The van der Waals surface area contributed by atoms with Gasteiger partial charge < -0.3 is 55.6 Å². The Balaban J connectivity index is 0.776. The molecule has 73 heavy (non-hydrogen) atoms. The Kier molecular flexibility index (Phi) is 25.8. The van der Waals surface area contributed by atoms with Gasteiger partial charge in [0.2, 0.25) is 29.6 Å². The van der Waals surface area contributed by atoms with Crippen LogP contribution < -0.4 is 36.6 Å². The fourth-order valence-corrected chi connectivity index (χ4v) is 9.51. The predicted molar refractivity (Wildman–Crippen MR) is 272 cm³/mol. The number of anilines is 5. The lowest BCUT2D eigenvalue weighted by atomic mass is 9.94. The Hall–Kier alpha value is -5.81. The van der Waals surface area contributed by atoms with Crippen molar-refractivity contribution >= 4 is 70.0 Å². The highest BCUT2D eigenvalue weighted by Crippen LogP contribution is 2.41. The summed E-state index contributed by atoms with van der Waals surface area (Å²) in [7, 11) is 0. The van der Waals surface area contributed by atoms with Crippen molar-refractivity contribution in [1.29, 1.82) is 0 Å². The van der Waals surface area contributed by atoms with Gasteiger partial charge in [-0.15, -0.1) is 0 Å². The molecule has 3 heterocycles. The molecule has 2 saturated heterocycles. The van der Waals surface area contributed by atoms with Gasteiger partial charge in [-0.1, -0.05) is 19.1 Å². The lowest BCUT2D eigenvalue weighted by Gasteiger charge is -2.15. The van der Waals surface area contributed by atoms with E-state index in [4.69, 9.17) is 23.7 Å². The van der Waals surface area contributed by atoms with Crippen LogP contribution in [-0.2, 0) is 49.1 Å². The number of carbonyl (C=O) groups excluding carboxylic acids is 5. The molecule has 6 N–H and O–H groups in total. The lowest BCUT2D eigenvalue weighted by Crippen LogP contribution is -2.29. The van der Waals surface area contributed by atoms with Gasteiger partial charge in [0, 0.05) is 111 Å². The monoisotopic (exact) mass is 1040 g/mol. The van der Waals surface area contributed by atoms with E-state index in [0.29, 0.717) is 151 Å². The molecule has 400 valence electrons. The molecule has 4 amide bonds. The molecule has 2 aliphatic heterocycles. The van der Waals surface area contributed by atoms with Crippen LogP contribution in [0.15, 0.2) is 67.4 Å². The van der Waals surface area contributed by atoms with Crippen molar-refractivity contribution in [2.24, 2.45) is 5.92 Å². The molecule has 0 radical (unpaired) electrons. The number of hydrogen-bond donors (Lipinski definition) is 6. The topological polar surface area (TPSA) is 229 Å². The fourth-order valence-electron chi connectivity index (χ4n) is 7.86. The van der Waals surface area contributed by atoms with Crippen molar-refractivity contribution in [2.45, 2.75) is 94.5 Å². The standard InChI is InChI=1S/C51H69F3N8O10S/c1-2-45(64)58-37-10-5-11-38(32-37)59-49-42(51(52,53)54)34-57-50(62-49)60-36-17-19-40(20-18-36)72-31-30-68-23-7-13-39(63)12-6-16-47(66)56-22-9-25-70-27-29-71-28-26-69-24-8-21-55-46(65)15-4-3-14-44-41-33-48(67)61-43(41)35-73-44/h2,5,10-11,17-20,32,34,41,43-44H,1,3-4,6-9,12-16,21-31,33,35H2,(H,55,65)(H,56,66)(H,58,64)(H,61,67)(H2,57,59,60,62)/t41-,43-,44-/m0/s1. The summed E-state index contributed by atoms with van der Waals surface area (Å²) in [6.45, 7) is 8.17. The van der Waals surface area contributed by atoms with Crippen molar-refractivity contribution in [3.63, 3.8) is 0 Å². The maximum atomic E-state index is 13.8. The highest BCUT2D eigenvalue weighted by molar-refractivity contribution is 8.00. The highest BCUT2D eigenvalue weighted by atomic mass is 32.2. The number of fused-ring (bicyclic) bond motifs is 1. The largest absolute Gasteiger partial charge is 0.491 e. The molecule has 0 aliphatic carbocycles. The number of hydrogen-bond acceptors (Lipinski definition) is 15. The number of ether oxygens (including phenoxy) is 5. The smallest absolute Gasteiger partial charge is 0.421 e. The molecule has 0 unspecified atom stereocenters. The summed E-state index contributed by atoms with van der Waals surface area (Å²) < 4.78 is 69.4. The quantitative estimate of drug-likeness (QED) is 0.0247. The summed E-state index contributed by atoms with van der Waals surface area (Å²) in [5.41, 5.74) is 0.0285. The maximum absolute atomic E-state index is 13.8. The molecule has 22 heteroatoms. The average molecular weight is 1040 g/mol. The van der Waals surface area contributed by atoms with Gasteiger partial charge in [-0.05, 0) is 87.1 Å². The van der Waals surface area contributed by atoms with Gasteiger partial charge in [0.25, 0.3) is 0 Å². The fraction of sp³-hybridized carbons (Fsp3) is 0.549. The van der Waals surface area contributed by atoms with Crippen LogP contribution in [-0.4, -0.2) is 129 Å². The minimum atomic E-state index is -4.74. The van der Waals surface area contributed by atoms with Gasteiger partial charge in [0.15, 0.2) is 0 Å². The first-order valence-electron chi connectivity index (χ1n) is 24.9. The van der Waals surface area contributed by atoms with E-state index in [1.807, 2.05) is 11.8 Å². The number of benzene rings is 2. The average Bonchev–Trinajstić information content (AvgIpc) is 3.92. The molecule has 3 atom stereocenters. The number of ketones is 1. The van der Waals surface area contributed by atoms with E-state index in [0.717, 1.165) is 37.5 Å². The van der Waals surface area contributed by atoms with Crippen LogP contribution in [0, 0.1) is 5.92 Å². The van der Waals surface area contributed by atoms with Crippen molar-refractivity contribution in [3.8, 4) is 5.75 Å². The summed E-state index contributed by atoms with van der Waals surface area (Å²) in [4.78, 5) is 67.8. The molecule has 3 aromatic rings. The van der Waals surface area contributed by atoms with Crippen LogP contribution in [0.1, 0.15) is 82.6 Å². The van der Waals surface area contributed by atoms with E-state index in [-0.39, 0.29) is 48.2 Å². The first-order valence-corrected chi connectivity index (χ1v) is 25.9. The van der Waals surface area contributed by atoms with Crippen molar-refractivity contribution in [1.82, 2.24) is 25.9 Å². The summed E-state index contributed by atoms with van der Waals surface area (Å²) in [6.07, 6.45) is 4.44. The predicted octanol–water partition coefficient (Wildman–Crippen LogP) is 7.27. The molecule has 0 bridgehead atoms. The van der Waals surface area contributed by atoms with Gasteiger partial charge in [-0.2, -0.15) is 29.9 Å². The summed E-state index contributed by atoms with van der Waals surface area (Å²) >= 11 is 1.95. The second-order valence-corrected chi connectivity index (χ2v) is 18.6. The molecule has 2 fully saturated rings. The molecule has 1 aromatic heterocycles. The SMILES string of the molecule is C=CC(=O)Nc1cccc(Nc2nc(Nc3ccc(OCCOCCCC(=O)CCCC(=O)NCCCOCCOCCOCCCNC(=O)CCCC[C@@H]4SC[C@@H]5NC(=O)C[C@@H]54)cc3)ncc2C(F)(F)F)c1. The van der Waals surface area contributed by atoms with E-state index in [1.54, 1.807) is 36.4 Å². The Morgan fingerprint density at radius 1 is 0.740 bits per heavy atom. The van der Waals surface area contributed by atoms with E-state index in [9.17, 15) is 37.1 Å². The number of carbonyl (C=O) groups is 5. The van der Waals surface area contributed by atoms with Crippen LogP contribution in [0.4, 0.5) is 42.0 Å². The summed E-state index contributed by atoms with van der Waals surface area (Å²) in [5, 5.41) is 17.5. The Bertz CT molecular complexity index is 2210. The zero-order valence-electron chi connectivity index (χ0n) is 41.2. The van der Waals surface area contributed by atoms with Gasteiger partial charge in [0.05, 0.1) is 33.0 Å². The maximum Gasteiger partial charge on any atom is 0.421 e. The van der Waals surface area contributed by atoms with E-state index in [2.05, 4.69) is 48.4 Å². The first-order chi connectivity index (χ1) is 35.4. The zero-order chi connectivity index (χ0) is 52.1. The number of aromatic nitrogens is 2. The van der Waals surface area contributed by atoms with Crippen LogP contribution in [0.25, 0.3) is 0 Å². The number of nitrogens with one attached hydrogen (secondary N) is 6. The third kappa shape index (κ3) is 22.9. The molecule has 2 aromatic carbocycles. The Labute approximate surface area is 428 Å². The van der Waals surface area contributed by atoms with Crippen molar-refractivity contribution < 1.29 is 60.8 Å². The number of thioether (sulfide) groups is 1. The number of amides is 4. The molecule has 18 nitrogen and oxygen atoms in total. The van der Waals surface area contributed by atoms with E-state index >= 15 is 0 Å². The van der Waals surface area contributed by atoms with Gasteiger partial charge in [-0.3, -0.25) is 24.0 Å². The molecular weight excluding hydrogens is 974 g/mol. The lowest BCUT2D eigenvalue weighted by molar-refractivity contribution is -0.137. The van der Waals surface area contributed by atoms with Crippen LogP contribution in [0.3, 0.4) is 0 Å². The summed E-state index contributed by atoms with van der Waals surface area (Å²) in [6, 6.07) is 13.1. The van der Waals surface area contributed by atoms with Gasteiger partial charge >= 0.3 is 6.18 Å². The molecule has 0 spiro atoms. The minimum Gasteiger partial charge on any atom is -0.491 e. The number of unbranched alkanes of at least 4 members (excludes halogenated alkanes) is 1. The van der Waals surface area contributed by atoms with Gasteiger partial charge in [-0.25, -0.2) is 4.98 Å². The number of alkyl halides is 3. The molecule has 0 saturated carbocycles. The molecule has 5 rings (SSSR count). The third-order valence-corrected chi connectivity index (χ3v) is 13.2. The molecular formula is C51H69F3N8O10S. The van der Waals surface area contributed by atoms with Crippen molar-refractivity contribution in [2.75, 3.05) is 94.3 Å². The van der Waals surface area contributed by atoms with Crippen molar-refractivity contribution in [3.05, 3.63) is 72.9 Å². The van der Waals surface area contributed by atoms with E-state index in [1.165, 1.54) is 12.1 Å².